The van der Waals surface area contributed by atoms with Gasteiger partial charge in [0, 0.05) is 0 Å². The molecule has 9 atom stereocenters. The van der Waals surface area contributed by atoms with Crippen LogP contribution in [-0.2, 0) is 0 Å². The van der Waals surface area contributed by atoms with Crippen molar-refractivity contribution < 1.29 is 19.7 Å². The fraction of sp³-hybridized carbons (Fsp3) is 0.895. The molecule has 3 N–H and O–H groups in total. The van der Waals surface area contributed by atoms with E-state index in [4.69, 9.17) is 0 Å². The molecule has 130 valence electrons. The summed E-state index contributed by atoms with van der Waals surface area (Å²) in [5, 5.41) is 31.2. The van der Waals surface area contributed by atoms with Crippen LogP contribution >= 0.6 is 0 Å². The lowest BCUT2D eigenvalue weighted by molar-refractivity contribution is -0.108. The fourth-order valence-corrected chi connectivity index (χ4v) is 6.58. The van der Waals surface area contributed by atoms with Crippen LogP contribution in [0.5, 0.6) is 0 Å². The average molecular weight is 324 g/mol. The van der Waals surface area contributed by atoms with Crippen molar-refractivity contribution in [2.45, 2.75) is 76.9 Å². The van der Waals surface area contributed by atoms with Gasteiger partial charge in [0.05, 0.1) is 18.3 Å². The maximum absolute atomic E-state index is 14.2. The van der Waals surface area contributed by atoms with Crippen molar-refractivity contribution >= 4 is 0 Å². The van der Waals surface area contributed by atoms with Crippen LogP contribution in [0.25, 0.3) is 0 Å². The second kappa shape index (κ2) is 5.03. The van der Waals surface area contributed by atoms with E-state index in [1.54, 1.807) is 0 Å². The Bertz CT molecular complexity index is 535. The highest BCUT2D eigenvalue weighted by molar-refractivity contribution is 5.28. The van der Waals surface area contributed by atoms with Gasteiger partial charge in [-0.15, -0.1) is 0 Å². The molecule has 0 aliphatic heterocycles. The predicted molar refractivity (Wildman–Crippen MR) is 85.4 cm³/mol. The first-order chi connectivity index (χ1) is 10.8. The zero-order valence-electron chi connectivity index (χ0n) is 14.1. The van der Waals surface area contributed by atoms with Crippen LogP contribution in [0.2, 0.25) is 0 Å². The molecule has 3 nitrogen and oxygen atoms in total. The minimum absolute atomic E-state index is 0.0177. The van der Waals surface area contributed by atoms with Gasteiger partial charge in [0.1, 0.15) is 6.17 Å². The highest BCUT2D eigenvalue weighted by Gasteiger charge is 2.63. The molecule has 0 amide bonds. The summed E-state index contributed by atoms with van der Waals surface area (Å²) in [4.78, 5) is 0. The third-order valence-electron chi connectivity index (χ3n) is 8.04. The number of aliphatic hydroxyl groups excluding tert-OH is 3. The zero-order valence-corrected chi connectivity index (χ0v) is 14.1. The van der Waals surface area contributed by atoms with Gasteiger partial charge in [0.25, 0.3) is 0 Å². The fourth-order valence-electron chi connectivity index (χ4n) is 6.58. The Morgan fingerprint density at radius 3 is 2.57 bits per heavy atom. The van der Waals surface area contributed by atoms with Crippen LogP contribution < -0.4 is 0 Å². The van der Waals surface area contributed by atoms with Crippen molar-refractivity contribution in [3.8, 4) is 0 Å². The van der Waals surface area contributed by atoms with Gasteiger partial charge in [0.2, 0.25) is 0 Å². The van der Waals surface area contributed by atoms with Crippen molar-refractivity contribution in [2.75, 3.05) is 0 Å². The molecular weight excluding hydrogens is 295 g/mol. The number of fused-ring (bicyclic) bond motifs is 5. The molecule has 0 spiro atoms. The van der Waals surface area contributed by atoms with Crippen LogP contribution in [0.3, 0.4) is 0 Å². The van der Waals surface area contributed by atoms with Gasteiger partial charge in [0.15, 0.2) is 0 Å². The molecule has 0 unspecified atom stereocenters. The minimum atomic E-state index is -1.16. The first kappa shape index (κ1) is 16.0. The van der Waals surface area contributed by atoms with Crippen molar-refractivity contribution in [3.63, 3.8) is 0 Å². The third kappa shape index (κ3) is 2.04. The second-order valence-electron chi connectivity index (χ2n) is 9.03. The van der Waals surface area contributed by atoms with Crippen molar-refractivity contribution in [1.82, 2.24) is 0 Å². The van der Waals surface area contributed by atoms with Crippen LogP contribution in [0, 0.1) is 28.6 Å². The maximum atomic E-state index is 14.2. The normalized spacial score (nSPS) is 58.9. The Morgan fingerprint density at radius 2 is 1.83 bits per heavy atom. The molecule has 0 aromatic heterocycles. The quantitative estimate of drug-likeness (QED) is 0.600. The summed E-state index contributed by atoms with van der Waals surface area (Å²) in [6, 6.07) is 0. The van der Waals surface area contributed by atoms with E-state index in [0.717, 1.165) is 25.7 Å². The Morgan fingerprint density at radius 1 is 1.09 bits per heavy atom. The summed E-state index contributed by atoms with van der Waals surface area (Å²) < 4.78 is 14.2. The van der Waals surface area contributed by atoms with E-state index in [0.29, 0.717) is 18.8 Å². The standard InChI is InChI=1S/C19H29FO3/c1-18-5-3-11(21)7-10(18)8-15(22)16-12(18)4-6-19(2)13(16)9-14(20)17(19)23/h8,11-17,21-23H,3-7,9H2,1-2H3/t11-,12-,13-,14-,15-,16+,17-,18-,19-/m0/s1. The van der Waals surface area contributed by atoms with E-state index < -0.39 is 23.8 Å². The Hall–Kier alpha value is -0.450. The average Bonchev–Trinajstić information content (AvgIpc) is 2.73. The molecule has 0 bridgehead atoms. The Labute approximate surface area is 137 Å². The molecule has 0 radical (unpaired) electrons. The first-order valence-electron chi connectivity index (χ1n) is 9.17. The summed E-state index contributed by atoms with van der Waals surface area (Å²) in [6.07, 6.45) is 3.57. The lowest BCUT2D eigenvalue weighted by Gasteiger charge is -2.58. The summed E-state index contributed by atoms with van der Waals surface area (Å²) in [5.74, 6) is 0.413. The van der Waals surface area contributed by atoms with Crippen LogP contribution in [0.1, 0.15) is 52.4 Å². The summed E-state index contributed by atoms with van der Waals surface area (Å²) in [7, 11) is 0. The van der Waals surface area contributed by atoms with Crippen molar-refractivity contribution in [3.05, 3.63) is 11.6 Å². The predicted octanol–water partition coefficient (Wildman–Crippen LogP) is 2.59. The number of aliphatic hydroxyl groups is 3. The summed E-state index contributed by atoms with van der Waals surface area (Å²) >= 11 is 0. The van der Waals surface area contributed by atoms with Gasteiger partial charge in [-0.1, -0.05) is 25.5 Å². The molecule has 4 heteroatoms. The largest absolute Gasteiger partial charge is 0.393 e. The molecule has 4 aliphatic rings. The molecule has 3 fully saturated rings. The number of hydrogen-bond acceptors (Lipinski definition) is 3. The van der Waals surface area contributed by atoms with E-state index in [1.807, 2.05) is 13.0 Å². The molecule has 3 saturated carbocycles. The molecule has 4 rings (SSSR count). The van der Waals surface area contributed by atoms with Crippen LogP contribution in [0.4, 0.5) is 4.39 Å². The topological polar surface area (TPSA) is 60.7 Å². The van der Waals surface area contributed by atoms with Gasteiger partial charge >= 0.3 is 0 Å². The lowest BCUT2D eigenvalue weighted by atomic mass is 9.47. The van der Waals surface area contributed by atoms with Gasteiger partial charge in [-0.25, -0.2) is 4.39 Å². The number of alkyl halides is 1. The van der Waals surface area contributed by atoms with Crippen molar-refractivity contribution in [1.29, 1.82) is 0 Å². The van der Waals surface area contributed by atoms with Crippen molar-refractivity contribution in [2.24, 2.45) is 28.6 Å². The molecule has 4 aliphatic carbocycles. The van der Waals surface area contributed by atoms with E-state index >= 15 is 0 Å². The van der Waals surface area contributed by atoms with Crippen LogP contribution in [0.15, 0.2) is 11.6 Å². The second-order valence-corrected chi connectivity index (χ2v) is 9.03. The van der Waals surface area contributed by atoms with E-state index in [2.05, 4.69) is 6.92 Å². The zero-order chi connectivity index (χ0) is 16.6. The molecule has 0 aromatic carbocycles. The first-order valence-corrected chi connectivity index (χ1v) is 9.17. The molecule has 23 heavy (non-hydrogen) atoms. The summed E-state index contributed by atoms with van der Waals surface area (Å²) in [5.41, 5.74) is 0.810. The molecule has 0 saturated heterocycles. The van der Waals surface area contributed by atoms with E-state index in [9.17, 15) is 19.7 Å². The van der Waals surface area contributed by atoms with Gasteiger partial charge in [-0.3, -0.25) is 0 Å². The van der Waals surface area contributed by atoms with E-state index in [-0.39, 0.29) is 23.4 Å². The molecular formula is C19H29FO3. The highest BCUT2D eigenvalue weighted by Crippen LogP contribution is 2.65. The lowest BCUT2D eigenvalue weighted by Crippen LogP contribution is -2.55. The SMILES string of the molecule is C[C@]12CC[C@H]3[C@@H]([C@@H](O)C=C4C[C@@H](O)CC[C@@]43C)[C@@H]1C[C@H](F)[C@@H]2O. The Kier molecular flexibility index (Phi) is 3.51. The van der Waals surface area contributed by atoms with Gasteiger partial charge in [-0.05, 0) is 67.1 Å². The van der Waals surface area contributed by atoms with Gasteiger partial charge in [-0.2, -0.15) is 0 Å². The van der Waals surface area contributed by atoms with Crippen LogP contribution in [-0.4, -0.2) is 39.8 Å². The minimum Gasteiger partial charge on any atom is -0.393 e. The number of halogens is 1. The van der Waals surface area contributed by atoms with Gasteiger partial charge < -0.3 is 15.3 Å². The maximum Gasteiger partial charge on any atom is 0.127 e. The number of hydrogen-bond donors (Lipinski definition) is 3. The molecule has 0 aromatic rings. The number of rotatable bonds is 0. The monoisotopic (exact) mass is 324 g/mol. The van der Waals surface area contributed by atoms with E-state index in [1.165, 1.54) is 5.57 Å². The molecule has 0 heterocycles. The third-order valence-corrected chi connectivity index (χ3v) is 8.04. The highest BCUT2D eigenvalue weighted by atomic mass is 19.1. The summed E-state index contributed by atoms with van der Waals surface area (Å²) in [6.45, 7) is 4.28. The Balaban J connectivity index is 1.73. The smallest absolute Gasteiger partial charge is 0.127 e.